The molecule has 7 heteroatoms. The van der Waals surface area contributed by atoms with Gasteiger partial charge in [-0.15, -0.1) is 0 Å². The maximum absolute atomic E-state index is 13.0. The molecule has 148 valence electrons. The van der Waals surface area contributed by atoms with Crippen molar-refractivity contribution < 1.29 is 23.4 Å². The van der Waals surface area contributed by atoms with Crippen molar-refractivity contribution in [1.29, 1.82) is 0 Å². The molecule has 0 spiro atoms. The van der Waals surface area contributed by atoms with Crippen molar-refractivity contribution in [3.05, 3.63) is 66.0 Å². The number of carbonyl (C=O) groups is 1. The highest BCUT2D eigenvalue weighted by Crippen LogP contribution is 2.30. The predicted molar refractivity (Wildman–Crippen MR) is 101 cm³/mol. The molecule has 0 aliphatic carbocycles. The number of fused-ring (bicyclic) bond motifs is 1. The van der Waals surface area contributed by atoms with Gasteiger partial charge in [0.05, 0.1) is 25.3 Å². The third kappa shape index (κ3) is 4.10. The van der Waals surface area contributed by atoms with Gasteiger partial charge in [-0.3, -0.25) is 0 Å². The van der Waals surface area contributed by atoms with E-state index in [-0.39, 0.29) is 42.2 Å². The van der Waals surface area contributed by atoms with Gasteiger partial charge in [0.25, 0.3) is 0 Å². The lowest BCUT2D eigenvalue weighted by Gasteiger charge is -2.20. The van der Waals surface area contributed by atoms with Gasteiger partial charge in [-0.2, -0.15) is 0 Å². The predicted octanol–water partition coefficient (Wildman–Crippen LogP) is 2.80. The summed E-state index contributed by atoms with van der Waals surface area (Å²) >= 11 is 0. The molecule has 28 heavy (non-hydrogen) atoms. The van der Waals surface area contributed by atoms with Gasteiger partial charge in [-0.05, 0) is 36.8 Å². The highest BCUT2D eigenvalue weighted by Gasteiger charge is 2.49. The van der Waals surface area contributed by atoms with Crippen LogP contribution in [0.4, 0.5) is 9.18 Å². The lowest BCUT2D eigenvalue weighted by Crippen LogP contribution is -2.48. The number of amides is 2. The average molecular weight is 386 g/mol. The average Bonchev–Trinajstić information content (AvgIpc) is 3.28. The molecule has 0 radical (unpaired) electrons. The summed E-state index contributed by atoms with van der Waals surface area (Å²) in [6.07, 6.45) is -0.848. The number of ether oxygens (including phenoxy) is 3. The molecule has 0 bridgehead atoms. The largest absolute Gasteiger partial charge is 0.485 e. The number of hydrogen-bond donors (Lipinski definition) is 2. The lowest BCUT2D eigenvalue weighted by molar-refractivity contribution is 0.0303. The minimum absolute atomic E-state index is 0.113. The Hall–Kier alpha value is -2.64. The second-order valence-corrected chi connectivity index (χ2v) is 7.06. The zero-order chi connectivity index (χ0) is 19.5. The third-order valence-electron chi connectivity index (χ3n) is 5.07. The van der Waals surface area contributed by atoms with Gasteiger partial charge in [0.15, 0.2) is 6.10 Å². The number of halogens is 1. The van der Waals surface area contributed by atoms with Crippen molar-refractivity contribution in [1.82, 2.24) is 10.6 Å². The maximum atomic E-state index is 13.0. The van der Waals surface area contributed by atoms with Crippen molar-refractivity contribution in [2.75, 3.05) is 13.2 Å². The van der Waals surface area contributed by atoms with E-state index in [4.69, 9.17) is 14.2 Å². The minimum Gasteiger partial charge on any atom is -0.485 e. The Kier molecular flexibility index (Phi) is 5.45. The van der Waals surface area contributed by atoms with Gasteiger partial charge in [-0.25, -0.2) is 9.18 Å². The van der Waals surface area contributed by atoms with E-state index in [1.165, 1.54) is 12.1 Å². The van der Waals surface area contributed by atoms with E-state index in [1.54, 1.807) is 12.1 Å². The summed E-state index contributed by atoms with van der Waals surface area (Å²) in [7, 11) is 0. The molecule has 2 aromatic carbocycles. The van der Waals surface area contributed by atoms with Crippen LogP contribution in [0.15, 0.2) is 54.6 Å². The van der Waals surface area contributed by atoms with Crippen LogP contribution in [-0.4, -0.2) is 43.6 Å². The van der Waals surface area contributed by atoms with Gasteiger partial charge < -0.3 is 24.8 Å². The fourth-order valence-electron chi connectivity index (χ4n) is 3.61. The van der Waals surface area contributed by atoms with Crippen LogP contribution in [0.25, 0.3) is 0 Å². The molecule has 0 aromatic heterocycles. The first kappa shape index (κ1) is 18.7. The summed E-state index contributed by atoms with van der Waals surface area (Å²) in [5.74, 6) is 0.245. The molecule has 5 atom stereocenters. The van der Waals surface area contributed by atoms with Crippen LogP contribution in [0.5, 0.6) is 5.75 Å². The van der Waals surface area contributed by atoms with Gasteiger partial charge in [0, 0.05) is 0 Å². The summed E-state index contributed by atoms with van der Waals surface area (Å²) < 4.78 is 30.6. The fraction of sp³-hybridized carbons (Fsp3) is 0.381. The topological polar surface area (TPSA) is 68.8 Å². The van der Waals surface area contributed by atoms with Gasteiger partial charge in [-0.1, -0.05) is 30.3 Å². The zero-order valence-corrected chi connectivity index (χ0v) is 15.5. The van der Waals surface area contributed by atoms with Crippen LogP contribution in [0.1, 0.15) is 18.5 Å². The molecular formula is C21H23FN2O4. The van der Waals surface area contributed by atoms with E-state index >= 15 is 0 Å². The molecule has 2 amide bonds. The lowest BCUT2D eigenvalue weighted by atomic mass is 10.1. The highest BCUT2D eigenvalue weighted by molar-refractivity contribution is 5.75. The number of benzene rings is 2. The Balaban J connectivity index is 1.30. The Labute approximate surface area is 163 Å². The van der Waals surface area contributed by atoms with Crippen LogP contribution in [0, 0.1) is 5.82 Å². The quantitative estimate of drug-likeness (QED) is 0.829. The second kappa shape index (κ2) is 8.16. The Bertz CT molecular complexity index is 802. The summed E-state index contributed by atoms with van der Waals surface area (Å²) in [5, 5.41) is 5.87. The molecule has 2 heterocycles. The number of nitrogens with one attached hydrogen (secondary N) is 2. The Morgan fingerprint density at radius 3 is 2.54 bits per heavy atom. The highest BCUT2D eigenvalue weighted by atomic mass is 19.1. The van der Waals surface area contributed by atoms with E-state index < -0.39 is 0 Å². The third-order valence-corrected chi connectivity index (χ3v) is 5.07. The first-order chi connectivity index (χ1) is 13.6. The maximum Gasteiger partial charge on any atom is 0.315 e. The Morgan fingerprint density at radius 2 is 1.79 bits per heavy atom. The molecule has 2 N–H and O–H groups in total. The zero-order valence-electron chi connectivity index (χ0n) is 15.5. The van der Waals surface area contributed by atoms with Crippen molar-refractivity contribution in [2.45, 2.75) is 37.3 Å². The molecule has 2 aromatic rings. The first-order valence-corrected chi connectivity index (χ1v) is 9.37. The smallest absolute Gasteiger partial charge is 0.315 e. The van der Waals surface area contributed by atoms with Crippen LogP contribution >= 0.6 is 0 Å². The first-order valence-electron chi connectivity index (χ1n) is 9.37. The van der Waals surface area contributed by atoms with Crippen LogP contribution < -0.4 is 15.4 Å². The summed E-state index contributed by atoms with van der Waals surface area (Å²) in [6, 6.07) is 15.0. The van der Waals surface area contributed by atoms with Crippen molar-refractivity contribution in [3.8, 4) is 5.75 Å². The summed E-state index contributed by atoms with van der Waals surface area (Å²) in [6.45, 7) is 2.64. The number of hydrogen-bond acceptors (Lipinski definition) is 4. The standard InChI is InChI=1S/C21H23FN2O4/c1-13(14-5-3-2-4-6-14)23-21(25)24-17-11-26-20-18(12-27-19(17)20)28-16-9-7-15(22)8-10-16/h2-10,13,17-20H,11-12H2,1H3,(H2,23,24,25)/t13-,17-,18-,19+,20+/m0/s1. The van der Waals surface area contributed by atoms with Crippen LogP contribution in [-0.2, 0) is 9.47 Å². The fourth-order valence-corrected chi connectivity index (χ4v) is 3.61. The molecule has 0 saturated carbocycles. The number of urea groups is 1. The molecule has 0 unspecified atom stereocenters. The Morgan fingerprint density at radius 1 is 1.07 bits per heavy atom. The monoisotopic (exact) mass is 386 g/mol. The van der Waals surface area contributed by atoms with Gasteiger partial charge in [0.1, 0.15) is 23.8 Å². The van der Waals surface area contributed by atoms with Crippen molar-refractivity contribution in [3.63, 3.8) is 0 Å². The van der Waals surface area contributed by atoms with E-state index in [0.29, 0.717) is 19.0 Å². The molecule has 2 fully saturated rings. The van der Waals surface area contributed by atoms with Crippen molar-refractivity contribution in [2.24, 2.45) is 0 Å². The van der Waals surface area contributed by atoms with Crippen molar-refractivity contribution >= 4 is 6.03 Å². The van der Waals surface area contributed by atoms with Gasteiger partial charge in [0.2, 0.25) is 0 Å². The summed E-state index contributed by atoms with van der Waals surface area (Å²) in [4.78, 5) is 12.4. The van der Waals surface area contributed by atoms with Gasteiger partial charge >= 0.3 is 6.03 Å². The van der Waals surface area contributed by atoms with E-state index in [2.05, 4.69) is 10.6 Å². The SMILES string of the molecule is C[C@H](NC(=O)N[C@H]1CO[C@H]2[C@@H]1OC[C@@H]2Oc1ccc(F)cc1)c1ccccc1. The molecule has 4 rings (SSSR count). The van der Waals surface area contributed by atoms with Crippen LogP contribution in [0.3, 0.4) is 0 Å². The van der Waals surface area contributed by atoms with Crippen LogP contribution in [0.2, 0.25) is 0 Å². The second-order valence-electron chi connectivity index (χ2n) is 7.06. The minimum atomic E-state index is -0.315. The number of rotatable bonds is 5. The molecular weight excluding hydrogens is 363 g/mol. The van der Waals surface area contributed by atoms with E-state index in [9.17, 15) is 9.18 Å². The number of carbonyl (C=O) groups excluding carboxylic acids is 1. The molecule has 6 nitrogen and oxygen atoms in total. The normalized spacial score (nSPS) is 27.1. The molecule has 2 aliphatic rings. The summed E-state index contributed by atoms with van der Waals surface area (Å²) in [5.41, 5.74) is 1.03. The molecule has 2 saturated heterocycles. The molecule has 2 aliphatic heterocycles. The van der Waals surface area contributed by atoms with E-state index in [1.807, 2.05) is 37.3 Å². The van der Waals surface area contributed by atoms with E-state index in [0.717, 1.165) is 5.56 Å².